The standard InChI is InChI=1S/C25H24ClN5O/c1-28-12-6-11-23(28)22-18-24(31(27-22)20-8-3-2-4-9-20)25(32)30-15-13-29(14-16-30)21-10-5-7-19(26)17-21/h2-12,17-18H,13-16H2,1H3. The summed E-state index contributed by atoms with van der Waals surface area (Å²) in [5.74, 6) is -0.00689. The quantitative estimate of drug-likeness (QED) is 0.465. The topological polar surface area (TPSA) is 46.3 Å². The molecule has 1 fully saturated rings. The van der Waals surface area contributed by atoms with Gasteiger partial charge in [-0.3, -0.25) is 4.79 Å². The number of carbonyl (C=O) groups excluding carboxylic acids is 1. The van der Waals surface area contributed by atoms with E-state index in [9.17, 15) is 4.79 Å². The largest absolute Gasteiger partial charge is 0.368 e. The van der Waals surface area contributed by atoms with Crippen molar-refractivity contribution in [1.82, 2.24) is 19.2 Å². The van der Waals surface area contributed by atoms with Gasteiger partial charge in [0, 0.05) is 50.1 Å². The summed E-state index contributed by atoms with van der Waals surface area (Å²) in [7, 11) is 1.98. The molecular weight excluding hydrogens is 422 g/mol. The van der Waals surface area contributed by atoms with Crippen LogP contribution in [-0.4, -0.2) is 51.3 Å². The van der Waals surface area contributed by atoms with Crippen molar-refractivity contribution in [3.63, 3.8) is 0 Å². The molecule has 0 radical (unpaired) electrons. The number of amides is 1. The van der Waals surface area contributed by atoms with E-state index in [-0.39, 0.29) is 5.91 Å². The highest BCUT2D eigenvalue weighted by atomic mass is 35.5. The minimum atomic E-state index is -0.00689. The van der Waals surface area contributed by atoms with E-state index in [1.807, 2.05) is 89.4 Å². The molecule has 1 aliphatic rings. The number of anilines is 1. The molecule has 0 saturated carbocycles. The van der Waals surface area contributed by atoms with Gasteiger partial charge in [-0.25, -0.2) is 4.68 Å². The average Bonchev–Trinajstić information content (AvgIpc) is 3.45. The molecule has 0 atom stereocenters. The van der Waals surface area contributed by atoms with Gasteiger partial charge in [0.25, 0.3) is 5.91 Å². The summed E-state index contributed by atoms with van der Waals surface area (Å²) < 4.78 is 3.77. The van der Waals surface area contributed by atoms with Gasteiger partial charge in [0.15, 0.2) is 0 Å². The Morgan fingerprint density at radius 3 is 2.31 bits per heavy atom. The van der Waals surface area contributed by atoms with E-state index in [2.05, 4.69) is 11.0 Å². The molecule has 1 aliphatic heterocycles. The summed E-state index contributed by atoms with van der Waals surface area (Å²) in [6.07, 6.45) is 1.98. The van der Waals surface area contributed by atoms with E-state index in [1.54, 1.807) is 4.68 Å². The minimum Gasteiger partial charge on any atom is -0.368 e. The van der Waals surface area contributed by atoms with Crippen molar-refractivity contribution in [3.8, 4) is 17.1 Å². The zero-order chi connectivity index (χ0) is 22.1. The molecule has 4 aromatic rings. The van der Waals surface area contributed by atoms with Crippen LogP contribution in [0.5, 0.6) is 0 Å². The Kier molecular flexibility index (Phi) is 5.45. The summed E-state index contributed by atoms with van der Waals surface area (Å²) >= 11 is 6.15. The molecule has 5 rings (SSSR count). The summed E-state index contributed by atoms with van der Waals surface area (Å²) in [5, 5.41) is 5.52. The van der Waals surface area contributed by atoms with Crippen molar-refractivity contribution in [2.75, 3.05) is 31.1 Å². The highest BCUT2D eigenvalue weighted by molar-refractivity contribution is 6.30. The smallest absolute Gasteiger partial charge is 0.272 e. The minimum absolute atomic E-state index is 0.00689. The van der Waals surface area contributed by atoms with Crippen molar-refractivity contribution < 1.29 is 4.79 Å². The van der Waals surface area contributed by atoms with E-state index in [0.717, 1.165) is 40.9 Å². The molecule has 32 heavy (non-hydrogen) atoms. The van der Waals surface area contributed by atoms with Crippen molar-refractivity contribution in [1.29, 1.82) is 0 Å². The molecule has 0 bridgehead atoms. The SMILES string of the molecule is Cn1cccc1-c1cc(C(=O)N2CCN(c3cccc(Cl)c3)CC2)n(-c2ccccc2)n1. The predicted molar refractivity (Wildman–Crippen MR) is 128 cm³/mol. The van der Waals surface area contributed by atoms with E-state index >= 15 is 0 Å². The van der Waals surface area contributed by atoms with Crippen LogP contribution in [0.25, 0.3) is 17.1 Å². The van der Waals surface area contributed by atoms with Crippen molar-refractivity contribution in [2.45, 2.75) is 0 Å². The monoisotopic (exact) mass is 445 g/mol. The molecule has 7 heteroatoms. The number of aryl methyl sites for hydroxylation is 1. The number of hydrogen-bond acceptors (Lipinski definition) is 3. The number of para-hydroxylation sites is 1. The van der Waals surface area contributed by atoms with Gasteiger partial charge < -0.3 is 14.4 Å². The Labute approximate surface area is 192 Å². The number of aromatic nitrogens is 3. The number of piperazine rings is 1. The number of halogens is 1. The van der Waals surface area contributed by atoms with E-state index in [1.165, 1.54) is 0 Å². The van der Waals surface area contributed by atoms with Gasteiger partial charge in [0.2, 0.25) is 0 Å². The van der Waals surface area contributed by atoms with Gasteiger partial charge >= 0.3 is 0 Å². The number of rotatable bonds is 4. The number of hydrogen-bond donors (Lipinski definition) is 0. The van der Waals surface area contributed by atoms with Crippen LogP contribution in [0.4, 0.5) is 5.69 Å². The zero-order valence-electron chi connectivity index (χ0n) is 17.9. The Morgan fingerprint density at radius 2 is 1.62 bits per heavy atom. The fourth-order valence-corrected chi connectivity index (χ4v) is 4.34. The lowest BCUT2D eigenvalue weighted by atomic mass is 10.2. The van der Waals surface area contributed by atoms with Crippen LogP contribution < -0.4 is 4.90 Å². The molecule has 0 spiro atoms. The second-order valence-corrected chi connectivity index (χ2v) is 8.36. The van der Waals surface area contributed by atoms with Gasteiger partial charge in [-0.1, -0.05) is 35.9 Å². The van der Waals surface area contributed by atoms with E-state index < -0.39 is 0 Å². The fraction of sp³-hybridized carbons (Fsp3) is 0.200. The number of nitrogens with zero attached hydrogens (tertiary/aromatic N) is 5. The highest BCUT2D eigenvalue weighted by Gasteiger charge is 2.26. The first-order valence-electron chi connectivity index (χ1n) is 10.7. The maximum atomic E-state index is 13.6. The molecule has 6 nitrogen and oxygen atoms in total. The maximum Gasteiger partial charge on any atom is 0.272 e. The molecule has 2 aromatic carbocycles. The lowest BCUT2D eigenvalue weighted by molar-refractivity contribution is 0.0737. The predicted octanol–water partition coefficient (Wildman–Crippen LogP) is 4.49. The molecule has 1 amide bonds. The first kappa shape index (κ1) is 20.4. The molecule has 0 aliphatic carbocycles. The first-order valence-corrected chi connectivity index (χ1v) is 11.0. The van der Waals surface area contributed by atoms with Crippen LogP contribution >= 0.6 is 11.6 Å². The van der Waals surface area contributed by atoms with Crippen LogP contribution in [0.15, 0.2) is 79.0 Å². The third-order valence-electron chi connectivity index (χ3n) is 5.88. The van der Waals surface area contributed by atoms with E-state index in [4.69, 9.17) is 16.7 Å². The second kappa shape index (κ2) is 8.55. The van der Waals surface area contributed by atoms with Gasteiger partial charge in [-0.05, 0) is 48.5 Å². The Morgan fingerprint density at radius 1 is 0.875 bits per heavy atom. The molecule has 0 N–H and O–H groups in total. The third-order valence-corrected chi connectivity index (χ3v) is 6.11. The summed E-state index contributed by atoms with van der Waals surface area (Å²) in [5.41, 5.74) is 4.28. The lowest BCUT2D eigenvalue weighted by Gasteiger charge is -2.36. The van der Waals surface area contributed by atoms with Crippen LogP contribution in [-0.2, 0) is 7.05 Å². The average molecular weight is 446 g/mol. The number of benzene rings is 2. The Bertz CT molecular complexity index is 1240. The molecule has 1 saturated heterocycles. The van der Waals surface area contributed by atoms with Crippen molar-refractivity contribution in [2.24, 2.45) is 7.05 Å². The van der Waals surface area contributed by atoms with Crippen molar-refractivity contribution >= 4 is 23.2 Å². The normalized spacial score (nSPS) is 14.1. The van der Waals surface area contributed by atoms with Gasteiger partial charge in [0.1, 0.15) is 11.4 Å². The molecule has 0 unspecified atom stereocenters. The van der Waals surface area contributed by atoms with Crippen LogP contribution in [0.3, 0.4) is 0 Å². The van der Waals surface area contributed by atoms with Gasteiger partial charge in [-0.15, -0.1) is 0 Å². The Balaban J connectivity index is 1.42. The van der Waals surface area contributed by atoms with E-state index in [0.29, 0.717) is 18.8 Å². The van der Waals surface area contributed by atoms with Gasteiger partial charge in [-0.2, -0.15) is 5.10 Å². The lowest BCUT2D eigenvalue weighted by Crippen LogP contribution is -2.49. The Hall–Kier alpha value is -3.51. The second-order valence-electron chi connectivity index (χ2n) is 7.93. The molecule has 162 valence electrons. The molecule has 3 heterocycles. The first-order chi connectivity index (χ1) is 15.6. The molecule has 2 aromatic heterocycles. The van der Waals surface area contributed by atoms with Gasteiger partial charge in [0.05, 0.1) is 11.4 Å². The van der Waals surface area contributed by atoms with Crippen LogP contribution in [0.2, 0.25) is 5.02 Å². The maximum absolute atomic E-state index is 13.6. The zero-order valence-corrected chi connectivity index (χ0v) is 18.6. The summed E-state index contributed by atoms with van der Waals surface area (Å²) in [6.45, 7) is 2.81. The third kappa shape index (κ3) is 3.89. The van der Waals surface area contributed by atoms with Crippen LogP contribution in [0.1, 0.15) is 10.5 Å². The highest BCUT2D eigenvalue weighted by Crippen LogP contribution is 2.25. The fourth-order valence-electron chi connectivity index (χ4n) is 4.15. The summed E-state index contributed by atoms with van der Waals surface area (Å²) in [4.78, 5) is 17.8. The van der Waals surface area contributed by atoms with Crippen LogP contribution in [0, 0.1) is 0 Å². The summed E-state index contributed by atoms with van der Waals surface area (Å²) in [6, 6.07) is 23.5. The van der Waals surface area contributed by atoms with Crippen molar-refractivity contribution in [3.05, 3.63) is 89.7 Å². The molecular formula is C25H24ClN5O. The number of carbonyl (C=O) groups is 1.